The van der Waals surface area contributed by atoms with Crippen LogP contribution in [0.15, 0.2) is 64.2 Å². The van der Waals surface area contributed by atoms with Gasteiger partial charge in [0.25, 0.3) is 5.56 Å². The summed E-state index contributed by atoms with van der Waals surface area (Å²) in [7, 11) is 0. The van der Waals surface area contributed by atoms with Gasteiger partial charge in [0.05, 0.1) is 5.69 Å². The molecule has 0 aliphatic carbocycles. The van der Waals surface area contributed by atoms with Crippen molar-refractivity contribution in [3.05, 3.63) is 91.7 Å². The molecule has 1 amide bonds. The van der Waals surface area contributed by atoms with Gasteiger partial charge in [0.2, 0.25) is 5.91 Å². The monoisotopic (exact) mass is 465 g/mol. The Labute approximate surface area is 195 Å². The molecule has 0 saturated heterocycles. The molecule has 0 aliphatic heterocycles. The van der Waals surface area contributed by atoms with E-state index >= 15 is 0 Å². The lowest BCUT2D eigenvalue weighted by Crippen LogP contribution is -2.42. The zero-order valence-electron chi connectivity index (χ0n) is 18.4. The Bertz CT molecular complexity index is 1440. The quantitative estimate of drug-likeness (QED) is 0.453. The van der Waals surface area contributed by atoms with Crippen LogP contribution in [0.4, 0.5) is 5.69 Å². The number of hydrogen-bond donors (Lipinski definition) is 1. The molecule has 4 rings (SSSR count). The van der Waals surface area contributed by atoms with Gasteiger partial charge in [-0.25, -0.2) is 4.79 Å². The second-order valence-electron chi connectivity index (χ2n) is 7.72. The average molecular weight is 466 g/mol. The van der Waals surface area contributed by atoms with Crippen molar-refractivity contribution in [3.63, 3.8) is 0 Å². The first kappa shape index (κ1) is 22.5. The van der Waals surface area contributed by atoms with Crippen LogP contribution in [-0.4, -0.2) is 24.8 Å². The minimum absolute atomic E-state index is 0.196. The van der Waals surface area contributed by atoms with Gasteiger partial charge in [-0.15, -0.1) is 0 Å². The molecule has 0 bridgehead atoms. The number of amides is 1. The highest BCUT2D eigenvalue weighted by Crippen LogP contribution is 2.16. The highest BCUT2D eigenvalue weighted by Gasteiger charge is 2.21. The van der Waals surface area contributed by atoms with Crippen LogP contribution in [0.25, 0.3) is 11.0 Å². The van der Waals surface area contributed by atoms with Crippen molar-refractivity contribution in [2.24, 2.45) is 0 Å². The Hall–Kier alpha value is -3.65. The van der Waals surface area contributed by atoms with Gasteiger partial charge in [-0.3, -0.25) is 23.4 Å². The van der Waals surface area contributed by atoms with Crippen molar-refractivity contribution in [2.75, 3.05) is 5.32 Å². The van der Waals surface area contributed by atoms with Gasteiger partial charge < -0.3 is 5.32 Å². The predicted molar refractivity (Wildman–Crippen MR) is 129 cm³/mol. The Morgan fingerprint density at radius 1 is 1.03 bits per heavy atom. The first-order valence-corrected chi connectivity index (χ1v) is 11.1. The second kappa shape index (κ2) is 9.46. The molecule has 2 heterocycles. The van der Waals surface area contributed by atoms with E-state index in [9.17, 15) is 14.4 Å². The minimum atomic E-state index is -0.538. The van der Waals surface area contributed by atoms with Crippen molar-refractivity contribution in [2.45, 2.75) is 39.9 Å². The molecule has 0 saturated carbocycles. The number of rotatable bonds is 7. The van der Waals surface area contributed by atoms with E-state index in [1.165, 1.54) is 9.13 Å². The van der Waals surface area contributed by atoms with Crippen molar-refractivity contribution in [3.8, 4) is 0 Å². The van der Waals surface area contributed by atoms with Crippen LogP contribution in [0.5, 0.6) is 0 Å². The Balaban J connectivity index is 1.77. The predicted octanol–water partition coefficient (Wildman–Crippen LogP) is 3.22. The number of nitrogens with zero attached hydrogens (tertiary/aromatic N) is 4. The average Bonchev–Trinajstić information content (AvgIpc) is 3.13. The summed E-state index contributed by atoms with van der Waals surface area (Å²) in [5, 5.41) is 7.67. The Morgan fingerprint density at radius 3 is 2.48 bits per heavy atom. The summed E-state index contributed by atoms with van der Waals surface area (Å²) >= 11 is 6.00. The highest BCUT2D eigenvalue weighted by atomic mass is 35.5. The lowest BCUT2D eigenvalue weighted by Gasteiger charge is -2.13. The number of carbonyl (C=O) groups is 1. The van der Waals surface area contributed by atoms with Crippen molar-refractivity contribution in [1.29, 1.82) is 0 Å². The summed E-state index contributed by atoms with van der Waals surface area (Å²) in [5.74, 6) is -0.405. The van der Waals surface area contributed by atoms with E-state index in [4.69, 9.17) is 11.6 Å². The number of carbonyl (C=O) groups excluding carboxylic acids is 1. The van der Waals surface area contributed by atoms with Crippen LogP contribution in [0.2, 0.25) is 5.02 Å². The number of fused-ring (bicyclic) bond motifs is 1. The molecular formula is C24H24ClN5O3. The summed E-state index contributed by atoms with van der Waals surface area (Å²) < 4.78 is 4.10. The van der Waals surface area contributed by atoms with Crippen LogP contribution < -0.4 is 16.6 Å². The van der Waals surface area contributed by atoms with E-state index in [1.807, 2.05) is 37.3 Å². The van der Waals surface area contributed by atoms with E-state index in [2.05, 4.69) is 10.4 Å². The Morgan fingerprint density at radius 2 is 1.79 bits per heavy atom. The normalized spacial score (nSPS) is 11.1. The molecule has 0 aliphatic rings. The third-order valence-electron chi connectivity index (χ3n) is 5.45. The summed E-state index contributed by atoms with van der Waals surface area (Å²) in [6, 6.07) is 16.4. The molecule has 0 spiro atoms. The van der Waals surface area contributed by atoms with Gasteiger partial charge in [0, 0.05) is 23.8 Å². The molecule has 9 heteroatoms. The molecule has 2 aromatic carbocycles. The first-order chi connectivity index (χ1) is 15.9. The van der Waals surface area contributed by atoms with Gasteiger partial charge in [0.1, 0.15) is 12.1 Å². The fraction of sp³-hybridized carbons (Fsp3) is 0.250. The van der Waals surface area contributed by atoms with Crippen LogP contribution in [0, 0.1) is 6.92 Å². The number of benzene rings is 2. The molecule has 1 N–H and O–H groups in total. The van der Waals surface area contributed by atoms with Crippen molar-refractivity contribution >= 4 is 34.2 Å². The maximum atomic E-state index is 13.4. The van der Waals surface area contributed by atoms with Gasteiger partial charge in [-0.05, 0) is 44.0 Å². The molecule has 0 atom stereocenters. The first-order valence-electron chi connectivity index (χ1n) is 10.7. The van der Waals surface area contributed by atoms with Gasteiger partial charge >= 0.3 is 5.69 Å². The number of halogens is 1. The number of anilines is 1. The summed E-state index contributed by atoms with van der Waals surface area (Å²) in [4.78, 5) is 39.5. The Kier molecular flexibility index (Phi) is 6.46. The zero-order chi connectivity index (χ0) is 23.5. The number of hydrogen-bond acceptors (Lipinski definition) is 4. The van der Waals surface area contributed by atoms with Gasteiger partial charge in [0.15, 0.2) is 5.52 Å². The van der Waals surface area contributed by atoms with E-state index in [-0.39, 0.29) is 13.1 Å². The summed E-state index contributed by atoms with van der Waals surface area (Å²) in [6.45, 7) is 4.00. The lowest BCUT2D eigenvalue weighted by molar-refractivity contribution is -0.116. The maximum absolute atomic E-state index is 13.4. The van der Waals surface area contributed by atoms with Gasteiger partial charge in [-0.1, -0.05) is 48.0 Å². The highest BCUT2D eigenvalue weighted by molar-refractivity contribution is 6.30. The van der Waals surface area contributed by atoms with E-state index < -0.39 is 17.2 Å². The second-order valence-corrected chi connectivity index (χ2v) is 8.15. The fourth-order valence-electron chi connectivity index (χ4n) is 3.93. The molecule has 2 aromatic heterocycles. The smallest absolute Gasteiger partial charge is 0.324 e. The molecule has 33 heavy (non-hydrogen) atoms. The zero-order valence-corrected chi connectivity index (χ0v) is 19.2. The van der Waals surface area contributed by atoms with Crippen LogP contribution in [0.1, 0.15) is 18.2 Å². The lowest BCUT2D eigenvalue weighted by atomic mass is 10.1. The molecule has 4 aromatic rings. The largest absolute Gasteiger partial charge is 0.332 e. The van der Waals surface area contributed by atoms with E-state index in [0.717, 1.165) is 5.56 Å². The van der Waals surface area contributed by atoms with E-state index in [0.29, 0.717) is 40.4 Å². The molecule has 0 fully saturated rings. The maximum Gasteiger partial charge on any atom is 0.332 e. The van der Waals surface area contributed by atoms with E-state index in [1.54, 1.807) is 35.9 Å². The topological polar surface area (TPSA) is 90.9 Å². The fourth-order valence-corrected chi connectivity index (χ4v) is 4.12. The SMILES string of the molecule is CCn1nc(C)c2c1c(=O)n(CCc1ccccc1)c(=O)n2CC(=O)Nc1cccc(Cl)c1. The standard InChI is InChI=1S/C24H24ClN5O3/c1-3-30-22-21(16(2)27-30)29(15-20(31)26-19-11-7-10-18(25)14-19)24(33)28(23(22)32)13-12-17-8-5-4-6-9-17/h4-11,14H,3,12-13,15H2,1-2H3,(H,26,31). The number of nitrogens with one attached hydrogen (secondary N) is 1. The van der Waals surface area contributed by atoms with Crippen molar-refractivity contribution in [1.82, 2.24) is 18.9 Å². The van der Waals surface area contributed by atoms with Crippen LogP contribution >= 0.6 is 11.6 Å². The summed E-state index contributed by atoms with van der Waals surface area (Å²) in [6.07, 6.45) is 0.509. The number of aromatic nitrogens is 4. The number of aryl methyl sites for hydroxylation is 3. The molecular weight excluding hydrogens is 442 g/mol. The third-order valence-corrected chi connectivity index (χ3v) is 5.69. The summed E-state index contributed by atoms with van der Waals surface area (Å²) in [5.41, 5.74) is 1.81. The van der Waals surface area contributed by atoms with Crippen LogP contribution in [-0.2, 0) is 30.8 Å². The molecule has 0 unspecified atom stereocenters. The van der Waals surface area contributed by atoms with Crippen molar-refractivity contribution < 1.29 is 4.79 Å². The van der Waals surface area contributed by atoms with Gasteiger partial charge in [-0.2, -0.15) is 5.10 Å². The molecule has 170 valence electrons. The minimum Gasteiger partial charge on any atom is -0.324 e. The third kappa shape index (κ3) is 4.61. The van der Waals surface area contributed by atoms with Crippen LogP contribution in [0.3, 0.4) is 0 Å². The molecule has 0 radical (unpaired) electrons. The molecule has 8 nitrogen and oxygen atoms in total.